The largest absolute Gasteiger partial charge is 0.387 e. The Labute approximate surface area is 128 Å². The summed E-state index contributed by atoms with van der Waals surface area (Å²) in [5, 5.41) is 6.17. The maximum absolute atomic E-state index is 12.3. The average molecular weight is 288 g/mol. The lowest BCUT2D eigenvalue weighted by molar-refractivity contribution is 0.0950. The molecule has 1 aromatic carbocycles. The van der Waals surface area contributed by atoms with E-state index in [0.717, 1.165) is 41.6 Å². The van der Waals surface area contributed by atoms with Crippen molar-refractivity contribution in [3.63, 3.8) is 0 Å². The maximum Gasteiger partial charge on any atom is 0.253 e. The number of benzene rings is 1. The molecule has 1 aliphatic carbocycles. The molecule has 3 nitrogen and oxygen atoms in total. The zero-order valence-electron chi connectivity index (χ0n) is 13.5. The standard InChI is InChI=1S/C18H28N2O/c1-13-4-7-15(8-5-13)10-11-20-18(21)16-12-14(2)6-9-17(16)19-3/h6,9,12-13,15,19H,4-5,7-8,10-11H2,1-3H3,(H,20,21). The molecule has 1 aromatic rings. The minimum atomic E-state index is 0.0345. The van der Waals surface area contributed by atoms with E-state index in [0.29, 0.717) is 0 Å². The highest BCUT2D eigenvalue weighted by Gasteiger charge is 2.18. The fourth-order valence-electron chi connectivity index (χ4n) is 3.17. The van der Waals surface area contributed by atoms with Crippen LogP contribution in [0.15, 0.2) is 18.2 Å². The smallest absolute Gasteiger partial charge is 0.253 e. The number of aryl methyl sites for hydroxylation is 1. The Kier molecular flexibility index (Phi) is 5.66. The first-order chi connectivity index (χ1) is 10.1. The van der Waals surface area contributed by atoms with Gasteiger partial charge in [0.25, 0.3) is 5.91 Å². The molecular weight excluding hydrogens is 260 g/mol. The Morgan fingerprint density at radius 1 is 1.24 bits per heavy atom. The molecule has 1 aliphatic rings. The van der Waals surface area contributed by atoms with Crippen LogP contribution in [0.3, 0.4) is 0 Å². The second-order valence-corrected chi connectivity index (χ2v) is 6.47. The van der Waals surface area contributed by atoms with Crippen LogP contribution in [0.1, 0.15) is 54.9 Å². The van der Waals surface area contributed by atoms with Gasteiger partial charge in [0.1, 0.15) is 0 Å². The third-order valence-corrected chi connectivity index (χ3v) is 4.66. The normalized spacial score (nSPS) is 21.9. The summed E-state index contributed by atoms with van der Waals surface area (Å²) in [7, 11) is 1.85. The molecule has 0 unspecified atom stereocenters. The molecule has 0 aliphatic heterocycles. The minimum Gasteiger partial charge on any atom is -0.387 e. The molecule has 1 amide bonds. The molecule has 0 aromatic heterocycles. The molecule has 0 saturated heterocycles. The van der Waals surface area contributed by atoms with Crippen molar-refractivity contribution in [3.05, 3.63) is 29.3 Å². The van der Waals surface area contributed by atoms with Crippen LogP contribution < -0.4 is 10.6 Å². The van der Waals surface area contributed by atoms with Crippen LogP contribution >= 0.6 is 0 Å². The molecule has 0 heterocycles. The lowest BCUT2D eigenvalue weighted by Crippen LogP contribution is -2.27. The summed E-state index contributed by atoms with van der Waals surface area (Å²) in [6, 6.07) is 5.93. The number of carbonyl (C=O) groups is 1. The summed E-state index contributed by atoms with van der Waals surface area (Å²) < 4.78 is 0. The van der Waals surface area contributed by atoms with Crippen molar-refractivity contribution in [2.45, 2.75) is 46.0 Å². The van der Waals surface area contributed by atoms with E-state index in [9.17, 15) is 4.79 Å². The molecule has 1 fully saturated rings. The highest BCUT2D eigenvalue weighted by atomic mass is 16.1. The van der Waals surface area contributed by atoms with Gasteiger partial charge in [-0.15, -0.1) is 0 Å². The lowest BCUT2D eigenvalue weighted by atomic mass is 9.81. The third kappa shape index (κ3) is 4.48. The van der Waals surface area contributed by atoms with Crippen molar-refractivity contribution < 1.29 is 4.79 Å². The number of amides is 1. The molecule has 2 rings (SSSR count). The Hall–Kier alpha value is -1.51. The zero-order chi connectivity index (χ0) is 15.2. The van der Waals surface area contributed by atoms with Gasteiger partial charge in [0.15, 0.2) is 0 Å². The van der Waals surface area contributed by atoms with Gasteiger partial charge in [0.2, 0.25) is 0 Å². The number of carbonyl (C=O) groups excluding carboxylic acids is 1. The molecular formula is C18H28N2O. The van der Waals surface area contributed by atoms with Crippen molar-refractivity contribution in [3.8, 4) is 0 Å². The SMILES string of the molecule is CNc1ccc(C)cc1C(=O)NCCC1CCC(C)CC1. The van der Waals surface area contributed by atoms with Crippen molar-refractivity contribution >= 4 is 11.6 Å². The highest BCUT2D eigenvalue weighted by molar-refractivity contribution is 5.99. The summed E-state index contributed by atoms with van der Waals surface area (Å²) in [5.74, 6) is 1.72. The fraction of sp³-hybridized carbons (Fsp3) is 0.611. The van der Waals surface area contributed by atoms with Crippen LogP contribution in [0.25, 0.3) is 0 Å². The van der Waals surface area contributed by atoms with Gasteiger partial charge in [-0.1, -0.05) is 44.2 Å². The minimum absolute atomic E-state index is 0.0345. The zero-order valence-corrected chi connectivity index (χ0v) is 13.5. The summed E-state index contributed by atoms with van der Waals surface area (Å²) >= 11 is 0. The van der Waals surface area contributed by atoms with E-state index < -0.39 is 0 Å². The van der Waals surface area contributed by atoms with Crippen molar-refractivity contribution in [2.24, 2.45) is 11.8 Å². The van der Waals surface area contributed by atoms with Gasteiger partial charge in [-0.3, -0.25) is 4.79 Å². The molecule has 0 radical (unpaired) electrons. The van der Waals surface area contributed by atoms with Crippen LogP contribution in [0.5, 0.6) is 0 Å². The van der Waals surface area contributed by atoms with E-state index in [-0.39, 0.29) is 5.91 Å². The molecule has 116 valence electrons. The van der Waals surface area contributed by atoms with Gasteiger partial charge in [0.05, 0.1) is 5.56 Å². The Morgan fingerprint density at radius 3 is 2.62 bits per heavy atom. The first-order valence-corrected chi connectivity index (χ1v) is 8.16. The van der Waals surface area contributed by atoms with Crippen molar-refractivity contribution in [2.75, 3.05) is 18.9 Å². The van der Waals surface area contributed by atoms with E-state index in [2.05, 4.69) is 17.6 Å². The van der Waals surface area contributed by atoms with Crippen LogP contribution in [0, 0.1) is 18.8 Å². The first-order valence-electron chi connectivity index (χ1n) is 8.16. The predicted molar refractivity (Wildman–Crippen MR) is 88.8 cm³/mol. The van der Waals surface area contributed by atoms with Crippen LogP contribution in [0.2, 0.25) is 0 Å². The summed E-state index contributed by atoms with van der Waals surface area (Å²) in [5.41, 5.74) is 2.75. The van der Waals surface area contributed by atoms with E-state index >= 15 is 0 Å². The van der Waals surface area contributed by atoms with Gasteiger partial charge in [-0.05, 0) is 37.3 Å². The number of hydrogen-bond donors (Lipinski definition) is 2. The molecule has 2 N–H and O–H groups in total. The van der Waals surface area contributed by atoms with E-state index in [1.165, 1.54) is 25.7 Å². The van der Waals surface area contributed by atoms with E-state index in [1.807, 2.05) is 32.2 Å². The second-order valence-electron chi connectivity index (χ2n) is 6.47. The predicted octanol–water partition coefficient (Wildman–Crippen LogP) is 3.98. The number of nitrogens with one attached hydrogen (secondary N) is 2. The van der Waals surface area contributed by atoms with Gasteiger partial charge < -0.3 is 10.6 Å². The van der Waals surface area contributed by atoms with Gasteiger partial charge in [-0.2, -0.15) is 0 Å². The fourth-order valence-corrected chi connectivity index (χ4v) is 3.17. The second kappa shape index (κ2) is 7.48. The number of anilines is 1. The first kappa shape index (κ1) is 15.9. The third-order valence-electron chi connectivity index (χ3n) is 4.66. The molecule has 3 heteroatoms. The molecule has 0 bridgehead atoms. The quantitative estimate of drug-likeness (QED) is 0.860. The van der Waals surface area contributed by atoms with Crippen molar-refractivity contribution in [1.29, 1.82) is 0 Å². The van der Waals surface area contributed by atoms with Crippen LogP contribution in [0.4, 0.5) is 5.69 Å². The Balaban J connectivity index is 1.83. The van der Waals surface area contributed by atoms with Crippen LogP contribution in [-0.2, 0) is 0 Å². The molecule has 0 atom stereocenters. The Bertz CT molecular complexity index is 476. The monoisotopic (exact) mass is 288 g/mol. The lowest BCUT2D eigenvalue weighted by Gasteiger charge is -2.26. The van der Waals surface area contributed by atoms with Gasteiger partial charge >= 0.3 is 0 Å². The molecule has 0 spiro atoms. The Morgan fingerprint density at radius 2 is 1.95 bits per heavy atom. The summed E-state index contributed by atoms with van der Waals surface area (Å²) in [6.07, 6.45) is 6.45. The van der Waals surface area contributed by atoms with Crippen molar-refractivity contribution in [1.82, 2.24) is 5.32 Å². The topological polar surface area (TPSA) is 41.1 Å². The average Bonchev–Trinajstić information content (AvgIpc) is 2.49. The molecule has 1 saturated carbocycles. The van der Waals surface area contributed by atoms with Gasteiger partial charge in [-0.25, -0.2) is 0 Å². The van der Waals surface area contributed by atoms with E-state index in [4.69, 9.17) is 0 Å². The highest BCUT2D eigenvalue weighted by Crippen LogP contribution is 2.30. The molecule has 21 heavy (non-hydrogen) atoms. The number of hydrogen-bond acceptors (Lipinski definition) is 2. The number of rotatable bonds is 5. The van der Waals surface area contributed by atoms with E-state index in [1.54, 1.807) is 0 Å². The van der Waals surface area contributed by atoms with Gasteiger partial charge in [0, 0.05) is 19.3 Å². The van der Waals surface area contributed by atoms with Crippen LogP contribution in [-0.4, -0.2) is 19.5 Å². The summed E-state index contributed by atoms with van der Waals surface area (Å²) in [4.78, 5) is 12.3. The summed E-state index contributed by atoms with van der Waals surface area (Å²) in [6.45, 7) is 5.14. The maximum atomic E-state index is 12.3.